The van der Waals surface area contributed by atoms with Crippen molar-refractivity contribution < 1.29 is 23.5 Å². The second-order valence-corrected chi connectivity index (χ2v) is 8.57. The Morgan fingerprint density at radius 1 is 0.968 bits per heavy atom. The van der Waals surface area contributed by atoms with Gasteiger partial charge >= 0.3 is 5.97 Å². The van der Waals surface area contributed by atoms with Gasteiger partial charge in [-0.3, -0.25) is 4.79 Å². The van der Waals surface area contributed by atoms with Crippen molar-refractivity contribution in [3.63, 3.8) is 0 Å². The van der Waals surface area contributed by atoms with Gasteiger partial charge in [0.2, 0.25) is 11.5 Å². The average Bonchev–Trinajstić information content (AvgIpc) is 3.30. The number of esters is 1. The van der Waals surface area contributed by atoms with E-state index in [1.807, 2.05) is 36.4 Å². The van der Waals surface area contributed by atoms with Gasteiger partial charge in [0.25, 0.3) is 0 Å². The lowest BCUT2D eigenvalue weighted by Gasteiger charge is -2.04. The third-order valence-corrected chi connectivity index (χ3v) is 5.94. The number of hydrogen-bond acceptors (Lipinski definition) is 5. The molecule has 152 valence electrons. The Morgan fingerprint density at radius 3 is 2.65 bits per heavy atom. The van der Waals surface area contributed by atoms with Crippen LogP contribution in [0, 0.1) is 0 Å². The molecule has 1 aliphatic heterocycles. The maximum Gasteiger partial charge on any atom is 0.379 e. The fraction of sp³-hybridized carbons (Fsp3) is 0. The molecule has 5 nitrogen and oxygen atoms in total. The summed E-state index contributed by atoms with van der Waals surface area (Å²) in [5.41, 5.74) is 1.81. The average molecular weight is 540 g/mol. The Bertz CT molecular complexity index is 1400. The molecule has 0 atom stereocenters. The van der Waals surface area contributed by atoms with Gasteiger partial charge in [0.1, 0.15) is 17.1 Å². The number of fused-ring (bicyclic) bond motifs is 2. The van der Waals surface area contributed by atoms with Gasteiger partial charge in [0.15, 0.2) is 5.76 Å². The standard InChI is InChI=1S/C24H12Br2O5/c25-15-5-8-19-14(9-15)11-22(30-19)24(28)29-16-6-7-17-20(12-16)31-21(23(17)27)10-13-3-1-2-4-18(13)26/h1-12H/b21-10-. The first-order valence-corrected chi connectivity index (χ1v) is 10.8. The monoisotopic (exact) mass is 538 g/mol. The predicted molar refractivity (Wildman–Crippen MR) is 122 cm³/mol. The molecule has 0 saturated heterocycles. The highest BCUT2D eigenvalue weighted by Crippen LogP contribution is 2.36. The molecule has 0 amide bonds. The van der Waals surface area contributed by atoms with Crippen LogP contribution in [0.3, 0.4) is 0 Å². The van der Waals surface area contributed by atoms with Crippen LogP contribution in [0.25, 0.3) is 17.0 Å². The largest absolute Gasteiger partial charge is 0.452 e. The fourth-order valence-electron chi connectivity index (χ4n) is 3.24. The predicted octanol–water partition coefficient (Wildman–Crippen LogP) is 6.79. The first kappa shape index (κ1) is 19.8. The van der Waals surface area contributed by atoms with Crippen molar-refractivity contribution >= 4 is 60.7 Å². The molecule has 0 aliphatic carbocycles. The Morgan fingerprint density at radius 2 is 1.81 bits per heavy atom. The van der Waals surface area contributed by atoms with Crippen molar-refractivity contribution in [2.75, 3.05) is 0 Å². The van der Waals surface area contributed by atoms with Gasteiger partial charge in [-0.05, 0) is 54.1 Å². The fourth-order valence-corrected chi connectivity index (χ4v) is 4.01. The molecule has 0 bridgehead atoms. The number of furan rings is 1. The zero-order chi connectivity index (χ0) is 21.5. The van der Waals surface area contributed by atoms with Gasteiger partial charge in [-0.15, -0.1) is 0 Å². The Labute approximate surface area is 193 Å². The van der Waals surface area contributed by atoms with Crippen molar-refractivity contribution in [1.82, 2.24) is 0 Å². The SMILES string of the molecule is O=C(Oc1ccc2c(c1)O/C(=C\c1ccccc1Br)C2=O)c1cc2cc(Br)ccc2o1. The van der Waals surface area contributed by atoms with Crippen LogP contribution in [0.2, 0.25) is 0 Å². The number of ketones is 1. The smallest absolute Gasteiger partial charge is 0.379 e. The third-order valence-electron chi connectivity index (χ3n) is 4.72. The van der Waals surface area contributed by atoms with E-state index in [0.29, 0.717) is 16.9 Å². The van der Waals surface area contributed by atoms with Crippen molar-refractivity contribution in [3.05, 3.63) is 98.3 Å². The minimum absolute atomic E-state index is 0.0834. The topological polar surface area (TPSA) is 65.7 Å². The van der Waals surface area contributed by atoms with E-state index in [4.69, 9.17) is 13.9 Å². The van der Waals surface area contributed by atoms with Gasteiger partial charge < -0.3 is 13.9 Å². The van der Waals surface area contributed by atoms with Gasteiger partial charge in [0.05, 0.1) is 5.56 Å². The number of carbonyl (C=O) groups excluding carboxylic acids is 2. The molecular weight excluding hydrogens is 528 g/mol. The molecule has 0 radical (unpaired) electrons. The lowest BCUT2D eigenvalue weighted by atomic mass is 10.1. The Hall–Kier alpha value is -3.16. The van der Waals surface area contributed by atoms with Crippen LogP contribution in [0.15, 0.2) is 85.9 Å². The molecule has 1 aromatic heterocycles. The van der Waals surface area contributed by atoms with E-state index in [9.17, 15) is 9.59 Å². The van der Waals surface area contributed by atoms with Crippen molar-refractivity contribution in [3.8, 4) is 11.5 Å². The van der Waals surface area contributed by atoms with Gasteiger partial charge in [0, 0.05) is 20.4 Å². The number of hydrogen-bond donors (Lipinski definition) is 0. The molecule has 3 aromatic carbocycles. The van der Waals surface area contributed by atoms with Gasteiger partial charge in [-0.1, -0.05) is 50.1 Å². The first-order valence-electron chi connectivity index (χ1n) is 9.22. The summed E-state index contributed by atoms with van der Waals surface area (Å²) in [6, 6.07) is 19.2. The summed E-state index contributed by atoms with van der Waals surface area (Å²) in [7, 11) is 0. The van der Waals surface area contributed by atoms with E-state index < -0.39 is 5.97 Å². The number of carbonyl (C=O) groups is 2. The minimum Gasteiger partial charge on any atom is -0.452 e. The van der Waals surface area contributed by atoms with Crippen LogP contribution in [0.4, 0.5) is 0 Å². The van der Waals surface area contributed by atoms with E-state index in [1.54, 1.807) is 30.3 Å². The molecule has 0 fully saturated rings. The molecule has 7 heteroatoms. The molecule has 0 saturated carbocycles. The Balaban J connectivity index is 1.38. The summed E-state index contributed by atoms with van der Waals surface area (Å²) in [4.78, 5) is 25.2. The molecule has 5 rings (SSSR count). The van der Waals surface area contributed by atoms with Crippen LogP contribution in [0.5, 0.6) is 11.5 Å². The normalized spacial score (nSPS) is 14.0. The maximum atomic E-state index is 12.7. The summed E-state index contributed by atoms with van der Waals surface area (Å²) < 4.78 is 18.5. The van der Waals surface area contributed by atoms with E-state index in [2.05, 4.69) is 31.9 Å². The molecule has 0 N–H and O–H groups in total. The number of halogens is 2. The molecule has 2 heterocycles. The molecular formula is C24H12Br2O5. The van der Waals surface area contributed by atoms with Crippen LogP contribution >= 0.6 is 31.9 Å². The number of ether oxygens (including phenoxy) is 2. The summed E-state index contributed by atoms with van der Waals surface area (Å²) >= 11 is 6.84. The number of allylic oxidation sites excluding steroid dienone is 1. The number of benzene rings is 3. The first-order chi connectivity index (χ1) is 15.0. The molecule has 4 aromatic rings. The molecule has 0 spiro atoms. The molecule has 31 heavy (non-hydrogen) atoms. The van der Waals surface area contributed by atoms with Crippen LogP contribution in [0.1, 0.15) is 26.5 Å². The second-order valence-electron chi connectivity index (χ2n) is 6.80. The summed E-state index contributed by atoms with van der Waals surface area (Å²) in [5, 5.41) is 0.783. The lowest BCUT2D eigenvalue weighted by Crippen LogP contribution is -2.07. The molecule has 0 unspecified atom stereocenters. The number of Topliss-reactive ketones (excluding diaryl/α,β-unsaturated/α-hetero) is 1. The number of rotatable bonds is 3. The van der Waals surface area contributed by atoms with Crippen molar-refractivity contribution in [2.24, 2.45) is 0 Å². The summed E-state index contributed by atoms with van der Waals surface area (Å²) in [6.45, 7) is 0. The quantitative estimate of drug-likeness (QED) is 0.163. The van der Waals surface area contributed by atoms with E-state index in [0.717, 1.165) is 19.9 Å². The highest BCUT2D eigenvalue weighted by molar-refractivity contribution is 9.10. The van der Waals surface area contributed by atoms with E-state index >= 15 is 0 Å². The van der Waals surface area contributed by atoms with Crippen LogP contribution < -0.4 is 9.47 Å². The van der Waals surface area contributed by atoms with Gasteiger partial charge in [-0.2, -0.15) is 0 Å². The van der Waals surface area contributed by atoms with Crippen molar-refractivity contribution in [2.45, 2.75) is 0 Å². The highest BCUT2D eigenvalue weighted by Gasteiger charge is 2.28. The zero-order valence-corrected chi connectivity index (χ0v) is 18.9. The lowest BCUT2D eigenvalue weighted by molar-refractivity contribution is 0.0703. The van der Waals surface area contributed by atoms with Crippen LogP contribution in [-0.4, -0.2) is 11.8 Å². The van der Waals surface area contributed by atoms with E-state index in [1.165, 1.54) is 6.07 Å². The van der Waals surface area contributed by atoms with Crippen molar-refractivity contribution in [1.29, 1.82) is 0 Å². The highest BCUT2D eigenvalue weighted by atomic mass is 79.9. The van der Waals surface area contributed by atoms with Crippen LogP contribution in [-0.2, 0) is 0 Å². The second kappa shape index (κ2) is 7.83. The minimum atomic E-state index is -0.638. The summed E-state index contributed by atoms with van der Waals surface area (Å²) in [6.07, 6.45) is 1.67. The third kappa shape index (κ3) is 3.82. The Kier molecular flexibility index (Phi) is 5.00. The zero-order valence-electron chi connectivity index (χ0n) is 15.7. The molecule has 1 aliphatic rings. The van der Waals surface area contributed by atoms with Gasteiger partial charge in [-0.25, -0.2) is 4.79 Å². The maximum absolute atomic E-state index is 12.7. The summed E-state index contributed by atoms with van der Waals surface area (Å²) in [5.74, 6) is 0.00267. The van der Waals surface area contributed by atoms with E-state index in [-0.39, 0.29) is 23.1 Å².